The fourth-order valence-electron chi connectivity index (χ4n) is 8.30. The lowest BCUT2D eigenvalue weighted by Gasteiger charge is -2.58. The summed E-state index contributed by atoms with van der Waals surface area (Å²) in [5, 5.41) is 0. The molecule has 4 aliphatic rings. The minimum atomic E-state index is 0.321. The molecule has 162 valence electrons. The van der Waals surface area contributed by atoms with Crippen molar-refractivity contribution in [3.63, 3.8) is 0 Å². The fraction of sp³-hybridized carbons (Fsp3) is 0.821. The summed E-state index contributed by atoms with van der Waals surface area (Å²) >= 11 is 0. The fourth-order valence-corrected chi connectivity index (χ4v) is 8.30. The maximum absolute atomic E-state index is 12.0. The lowest BCUT2D eigenvalue weighted by molar-refractivity contribution is -0.117. The Morgan fingerprint density at radius 2 is 1.86 bits per heavy atom. The van der Waals surface area contributed by atoms with Crippen molar-refractivity contribution in [1.82, 2.24) is 0 Å². The third kappa shape index (κ3) is 3.59. The smallest absolute Gasteiger partial charge is 0.155 e. The molecule has 3 fully saturated rings. The molecule has 0 saturated heterocycles. The van der Waals surface area contributed by atoms with Gasteiger partial charge in [0.25, 0.3) is 0 Å². The van der Waals surface area contributed by atoms with Crippen molar-refractivity contribution in [2.75, 3.05) is 0 Å². The van der Waals surface area contributed by atoms with Crippen LogP contribution < -0.4 is 0 Å². The lowest BCUT2D eigenvalue weighted by atomic mass is 9.47. The van der Waals surface area contributed by atoms with E-state index in [1.54, 1.807) is 0 Å². The number of hydrogen-bond donors (Lipinski definition) is 0. The Kier molecular flexibility index (Phi) is 5.91. The third-order valence-electron chi connectivity index (χ3n) is 10.3. The van der Waals surface area contributed by atoms with Crippen LogP contribution in [0.2, 0.25) is 0 Å². The van der Waals surface area contributed by atoms with Gasteiger partial charge in [-0.15, -0.1) is 0 Å². The van der Waals surface area contributed by atoms with Crippen molar-refractivity contribution in [3.05, 3.63) is 23.8 Å². The summed E-state index contributed by atoms with van der Waals surface area (Å²) in [6, 6.07) is 0. The Morgan fingerprint density at radius 3 is 2.59 bits per heavy atom. The van der Waals surface area contributed by atoms with Gasteiger partial charge in [0.15, 0.2) is 5.78 Å². The monoisotopic (exact) mass is 396 g/mol. The molecular weight excluding hydrogens is 352 g/mol. The average molecular weight is 397 g/mol. The molecule has 0 amide bonds. The van der Waals surface area contributed by atoms with Crippen LogP contribution in [0.25, 0.3) is 0 Å². The van der Waals surface area contributed by atoms with E-state index >= 15 is 0 Å². The lowest BCUT2D eigenvalue weighted by Crippen LogP contribution is -2.50. The largest absolute Gasteiger partial charge is 0.295 e. The van der Waals surface area contributed by atoms with Crippen LogP contribution in [0.4, 0.5) is 0 Å². The summed E-state index contributed by atoms with van der Waals surface area (Å²) in [6.45, 7) is 12.2. The third-order valence-corrected chi connectivity index (χ3v) is 10.3. The summed E-state index contributed by atoms with van der Waals surface area (Å²) in [5.41, 5.74) is 2.38. The van der Waals surface area contributed by atoms with Gasteiger partial charge >= 0.3 is 0 Å². The van der Waals surface area contributed by atoms with E-state index in [1.165, 1.54) is 56.9 Å². The standard InChI is InChI=1S/C28H44O/c1-6-20(19(2)3)8-7-9-21-11-13-25-24-12-10-22-18-23(29)14-16-28(22,5)26(24)15-17-27(21,25)4/h7-8,18-21,24-26H,6,9-17H2,1-5H3/b8-7+. The zero-order valence-electron chi connectivity index (χ0n) is 19.7. The number of carbonyl (C=O) groups excluding carboxylic acids is 1. The molecule has 0 N–H and O–H groups in total. The van der Waals surface area contributed by atoms with Crippen molar-refractivity contribution >= 4 is 5.78 Å². The molecule has 7 atom stereocenters. The first-order valence-corrected chi connectivity index (χ1v) is 12.7. The summed E-state index contributed by atoms with van der Waals surface area (Å²) in [5.74, 6) is 5.41. The van der Waals surface area contributed by atoms with Gasteiger partial charge in [-0.2, -0.15) is 0 Å². The second-order valence-corrected chi connectivity index (χ2v) is 11.8. The molecule has 1 nitrogen and oxygen atoms in total. The molecule has 4 rings (SSSR count). The summed E-state index contributed by atoms with van der Waals surface area (Å²) in [4.78, 5) is 12.0. The van der Waals surface area contributed by atoms with E-state index in [1.807, 2.05) is 0 Å². The number of ketones is 1. The van der Waals surface area contributed by atoms with Crippen molar-refractivity contribution in [1.29, 1.82) is 0 Å². The molecule has 29 heavy (non-hydrogen) atoms. The van der Waals surface area contributed by atoms with Gasteiger partial charge in [-0.1, -0.05) is 52.3 Å². The molecule has 0 spiro atoms. The Morgan fingerprint density at radius 1 is 1.07 bits per heavy atom. The van der Waals surface area contributed by atoms with Gasteiger partial charge in [0.1, 0.15) is 0 Å². The van der Waals surface area contributed by atoms with Gasteiger partial charge in [0.05, 0.1) is 0 Å². The predicted octanol–water partition coefficient (Wildman–Crippen LogP) is 7.76. The molecule has 0 radical (unpaired) electrons. The maximum atomic E-state index is 12.0. The zero-order valence-corrected chi connectivity index (χ0v) is 19.7. The van der Waals surface area contributed by atoms with Crippen LogP contribution in [0, 0.1) is 46.3 Å². The number of fused-ring (bicyclic) bond motifs is 5. The first-order chi connectivity index (χ1) is 13.8. The molecule has 0 aliphatic heterocycles. The van der Waals surface area contributed by atoms with Crippen LogP contribution in [0.15, 0.2) is 23.8 Å². The Labute approximate surface area is 179 Å². The van der Waals surface area contributed by atoms with E-state index < -0.39 is 0 Å². The van der Waals surface area contributed by atoms with E-state index in [0.717, 1.165) is 48.3 Å². The van der Waals surface area contributed by atoms with E-state index in [4.69, 9.17) is 0 Å². The zero-order chi connectivity index (χ0) is 20.8. The highest BCUT2D eigenvalue weighted by atomic mass is 16.1. The SMILES string of the molecule is CCC(/C=C/CC1CCC2C3CCC4=CC(=O)CCC4(C)C3CCC12C)C(C)C. The van der Waals surface area contributed by atoms with Crippen LogP contribution in [0.5, 0.6) is 0 Å². The van der Waals surface area contributed by atoms with Gasteiger partial charge in [0.2, 0.25) is 0 Å². The minimum absolute atomic E-state index is 0.321. The van der Waals surface area contributed by atoms with Crippen molar-refractivity contribution in [2.24, 2.45) is 46.3 Å². The molecule has 3 saturated carbocycles. The first-order valence-electron chi connectivity index (χ1n) is 12.7. The average Bonchev–Trinajstić information content (AvgIpc) is 3.02. The van der Waals surface area contributed by atoms with Crippen LogP contribution in [0.1, 0.15) is 98.8 Å². The van der Waals surface area contributed by atoms with E-state index in [0.29, 0.717) is 16.6 Å². The molecular formula is C28H44O. The highest BCUT2D eigenvalue weighted by molar-refractivity contribution is 5.91. The molecule has 0 heterocycles. The molecule has 0 aromatic heterocycles. The predicted molar refractivity (Wildman–Crippen MR) is 123 cm³/mol. The van der Waals surface area contributed by atoms with E-state index in [-0.39, 0.29) is 0 Å². The normalized spacial score (nSPS) is 43.1. The summed E-state index contributed by atoms with van der Waals surface area (Å²) in [7, 11) is 0. The maximum Gasteiger partial charge on any atom is 0.155 e. The molecule has 0 aromatic carbocycles. The van der Waals surface area contributed by atoms with Gasteiger partial charge in [-0.05, 0) is 110 Å². The topological polar surface area (TPSA) is 17.1 Å². The second kappa shape index (κ2) is 8.01. The number of rotatable bonds is 5. The molecule has 0 bridgehead atoms. The van der Waals surface area contributed by atoms with Crippen LogP contribution in [0.3, 0.4) is 0 Å². The van der Waals surface area contributed by atoms with Crippen LogP contribution in [-0.2, 0) is 4.79 Å². The Bertz CT molecular complexity index is 684. The Balaban J connectivity index is 1.48. The van der Waals surface area contributed by atoms with Gasteiger partial charge < -0.3 is 0 Å². The molecule has 7 unspecified atom stereocenters. The number of carbonyl (C=O) groups is 1. The summed E-state index contributed by atoms with van der Waals surface area (Å²) in [6.07, 6.45) is 19.8. The van der Waals surface area contributed by atoms with Gasteiger partial charge in [-0.3, -0.25) is 4.79 Å². The highest BCUT2D eigenvalue weighted by Crippen LogP contribution is 2.67. The summed E-state index contributed by atoms with van der Waals surface area (Å²) < 4.78 is 0. The van der Waals surface area contributed by atoms with Crippen LogP contribution in [-0.4, -0.2) is 5.78 Å². The molecule has 1 heteroatoms. The molecule has 0 aromatic rings. The quantitative estimate of drug-likeness (QED) is 0.434. The minimum Gasteiger partial charge on any atom is -0.295 e. The highest BCUT2D eigenvalue weighted by Gasteiger charge is 2.58. The molecule has 4 aliphatic carbocycles. The number of hydrogen-bond acceptors (Lipinski definition) is 1. The van der Waals surface area contributed by atoms with E-state index in [9.17, 15) is 4.79 Å². The van der Waals surface area contributed by atoms with Gasteiger partial charge in [-0.25, -0.2) is 0 Å². The van der Waals surface area contributed by atoms with E-state index in [2.05, 4.69) is 52.8 Å². The second-order valence-electron chi connectivity index (χ2n) is 11.8. The van der Waals surface area contributed by atoms with Crippen molar-refractivity contribution in [3.8, 4) is 0 Å². The number of allylic oxidation sites excluding steroid dienone is 3. The van der Waals surface area contributed by atoms with Crippen LogP contribution >= 0.6 is 0 Å². The first kappa shape index (κ1) is 21.4. The van der Waals surface area contributed by atoms with Gasteiger partial charge in [0, 0.05) is 6.42 Å². The van der Waals surface area contributed by atoms with Crippen molar-refractivity contribution in [2.45, 2.75) is 98.8 Å². The van der Waals surface area contributed by atoms with Crippen molar-refractivity contribution < 1.29 is 4.79 Å². The Hall–Kier alpha value is -0.850.